The Morgan fingerprint density at radius 1 is 1.33 bits per heavy atom. The predicted molar refractivity (Wildman–Crippen MR) is 84.6 cm³/mol. The zero-order valence-corrected chi connectivity index (χ0v) is 14.9. The Balaban J connectivity index is 3.10. The van der Waals surface area contributed by atoms with Gasteiger partial charge in [-0.2, -0.15) is 5.10 Å². The van der Waals surface area contributed by atoms with E-state index in [1.54, 1.807) is 14.0 Å². The van der Waals surface area contributed by atoms with Crippen molar-refractivity contribution in [1.82, 2.24) is 19.8 Å². The molecule has 1 heterocycles. The van der Waals surface area contributed by atoms with Crippen molar-refractivity contribution < 1.29 is 8.42 Å². The Hall–Kier alpha value is -0.920. The van der Waals surface area contributed by atoms with E-state index in [0.717, 1.165) is 0 Å². The number of hydrogen-bond acceptors (Lipinski definition) is 4. The summed E-state index contributed by atoms with van der Waals surface area (Å²) in [6.07, 6.45) is 0. The third kappa shape index (κ3) is 4.79. The SMILES string of the molecule is Cc1[nH]nc(CNC(C)C)c1S(=O)(=O)N(C)CC(C)(C)C. The van der Waals surface area contributed by atoms with E-state index in [4.69, 9.17) is 0 Å². The minimum Gasteiger partial charge on any atom is -0.309 e. The molecule has 1 aromatic rings. The highest BCUT2D eigenvalue weighted by Gasteiger charge is 2.30. The van der Waals surface area contributed by atoms with Crippen molar-refractivity contribution in [2.75, 3.05) is 13.6 Å². The van der Waals surface area contributed by atoms with Gasteiger partial charge >= 0.3 is 0 Å². The molecule has 0 bridgehead atoms. The first-order valence-electron chi connectivity index (χ1n) is 7.18. The molecule has 0 spiro atoms. The lowest BCUT2D eigenvalue weighted by Gasteiger charge is -2.26. The van der Waals surface area contributed by atoms with Crippen LogP contribution in [0.4, 0.5) is 0 Å². The summed E-state index contributed by atoms with van der Waals surface area (Å²) in [7, 11) is -1.92. The fraction of sp³-hybridized carbons (Fsp3) is 0.786. The summed E-state index contributed by atoms with van der Waals surface area (Å²) in [4.78, 5) is 0.294. The van der Waals surface area contributed by atoms with Crippen molar-refractivity contribution in [3.63, 3.8) is 0 Å². The highest BCUT2D eigenvalue weighted by Crippen LogP contribution is 2.24. The van der Waals surface area contributed by atoms with E-state index in [9.17, 15) is 8.42 Å². The first-order valence-corrected chi connectivity index (χ1v) is 8.62. The maximum atomic E-state index is 12.8. The fourth-order valence-corrected chi connectivity index (χ4v) is 3.86. The topological polar surface area (TPSA) is 78.1 Å². The van der Waals surface area contributed by atoms with Crippen LogP contribution in [-0.4, -0.2) is 42.6 Å². The maximum Gasteiger partial charge on any atom is 0.246 e. The number of H-pyrrole nitrogens is 1. The summed E-state index contributed by atoms with van der Waals surface area (Å²) >= 11 is 0. The Morgan fingerprint density at radius 3 is 2.38 bits per heavy atom. The molecule has 0 aliphatic heterocycles. The zero-order chi connectivity index (χ0) is 16.4. The van der Waals surface area contributed by atoms with Crippen molar-refractivity contribution in [3.05, 3.63) is 11.4 Å². The number of sulfonamides is 1. The molecule has 7 heteroatoms. The maximum absolute atomic E-state index is 12.8. The van der Waals surface area contributed by atoms with Crippen LogP contribution in [-0.2, 0) is 16.6 Å². The molecule has 0 aliphatic carbocycles. The van der Waals surface area contributed by atoms with Gasteiger partial charge in [0.25, 0.3) is 0 Å². The van der Waals surface area contributed by atoms with Crippen LogP contribution in [0.15, 0.2) is 4.90 Å². The highest BCUT2D eigenvalue weighted by molar-refractivity contribution is 7.89. The van der Waals surface area contributed by atoms with Gasteiger partial charge in [-0.25, -0.2) is 12.7 Å². The van der Waals surface area contributed by atoms with E-state index < -0.39 is 10.0 Å². The quantitative estimate of drug-likeness (QED) is 0.840. The number of aryl methyl sites for hydroxylation is 1. The predicted octanol–water partition coefficient (Wildman–Crippen LogP) is 1.88. The molecule has 0 saturated carbocycles. The molecular formula is C14H28N4O2S. The smallest absolute Gasteiger partial charge is 0.246 e. The van der Waals surface area contributed by atoms with Gasteiger partial charge in [-0.1, -0.05) is 34.6 Å². The molecule has 0 fully saturated rings. The van der Waals surface area contributed by atoms with Gasteiger partial charge < -0.3 is 5.32 Å². The first kappa shape index (κ1) is 18.1. The third-order valence-corrected chi connectivity index (χ3v) is 5.01. The molecule has 1 rings (SSSR count). The van der Waals surface area contributed by atoms with E-state index in [0.29, 0.717) is 29.4 Å². The molecule has 0 aliphatic rings. The van der Waals surface area contributed by atoms with E-state index in [1.165, 1.54) is 4.31 Å². The molecule has 0 unspecified atom stereocenters. The minimum atomic E-state index is -3.54. The van der Waals surface area contributed by atoms with E-state index in [-0.39, 0.29) is 11.5 Å². The van der Waals surface area contributed by atoms with Gasteiger partial charge in [-0.05, 0) is 12.3 Å². The van der Waals surface area contributed by atoms with Gasteiger partial charge in [0, 0.05) is 26.2 Å². The molecule has 122 valence electrons. The number of rotatable bonds is 6. The molecular weight excluding hydrogens is 288 g/mol. The van der Waals surface area contributed by atoms with Crippen LogP contribution >= 0.6 is 0 Å². The summed E-state index contributed by atoms with van der Waals surface area (Å²) in [5.41, 5.74) is 1.02. The second-order valence-electron chi connectivity index (χ2n) is 6.98. The van der Waals surface area contributed by atoms with Crippen LogP contribution in [0.3, 0.4) is 0 Å². The van der Waals surface area contributed by atoms with Crippen LogP contribution < -0.4 is 5.32 Å². The van der Waals surface area contributed by atoms with Crippen molar-refractivity contribution in [1.29, 1.82) is 0 Å². The van der Waals surface area contributed by atoms with Crippen LogP contribution in [0.25, 0.3) is 0 Å². The van der Waals surface area contributed by atoms with Crippen LogP contribution in [0, 0.1) is 12.3 Å². The number of nitrogens with zero attached hydrogens (tertiary/aromatic N) is 2. The lowest BCUT2D eigenvalue weighted by Crippen LogP contribution is -2.35. The second-order valence-corrected chi connectivity index (χ2v) is 8.96. The molecule has 0 aromatic carbocycles. The minimum absolute atomic E-state index is 0.101. The summed E-state index contributed by atoms with van der Waals surface area (Å²) in [6, 6.07) is 0.268. The standard InChI is InChI=1S/C14H28N4O2S/c1-10(2)15-8-12-13(11(3)16-17-12)21(19,20)18(7)9-14(4,5)6/h10,15H,8-9H2,1-7H3,(H,16,17). The van der Waals surface area contributed by atoms with Crippen LogP contribution in [0.1, 0.15) is 46.0 Å². The third-order valence-electron chi connectivity index (χ3n) is 3.00. The van der Waals surface area contributed by atoms with Crippen molar-refractivity contribution >= 4 is 10.0 Å². The molecule has 2 N–H and O–H groups in total. The van der Waals surface area contributed by atoms with E-state index in [2.05, 4.69) is 15.5 Å². The normalized spacial score (nSPS) is 13.4. The van der Waals surface area contributed by atoms with Gasteiger partial charge in [0.2, 0.25) is 10.0 Å². The Kier molecular flexibility index (Phi) is 5.57. The van der Waals surface area contributed by atoms with Crippen LogP contribution in [0.2, 0.25) is 0 Å². The lowest BCUT2D eigenvalue weighted by atomic mass is 9.97. The highest BCUT2D eigenvalue weighted by atomic mass is 32.2. The molecule has 6 nitrogen and oxygen atoms in total. The number of aromatic amines is 1. The molecule has 0 atom stereocenters. The number of nitrogens with one attached hydrogen (secondary N) is 2. The molecule has 0 amide bonds. The molecule has 1 aromatic heterocycles. The summed E-state index contributed by atoms with van der Waals surface area (Å²) in [5, 5.41) is 10.1. The van der Waals surface area contributed by atoms with Crippen molar-refractivity contribution in [2.45, 2.75) is 59.0 Å². The Bertz CT molecular complexity index is 570. The van der Waals surface area contributed by atoms with Gasteiger partial charge in [0.05, 0.1) is 11.4 Å². The van der Waals surface area contributed by atoms with Crippen LogP contribution in [0.5, 0.6) is 0 Å². The lowest BCUT2D eigenvalue weighted by molar-refractivity contribution is 0.310. The summed E-state index contributed by atoms with van der Waals surface area (Å²) < 4.78 is 27.0. The van der Waals surface area contributed by atoms with Gasteiger partial charge in [-0.15, -0.1) is 0 Å². The van der Waals surface area contributed by atoms with E-state index >= 15 is 0 Å². The van der Waals surface area contributed by atoms with Crippen molar-refractivity contribution in [3.8, 4) is 0 Å². The first-order chi connectivity index (χ1) is 9.45. The zero-order valence-electron chi connectivity index (χ0n) is 14.1. The Morgan fingerprint density at radius 2 is 1.90 bits per heavy atom. The van der Waals surface area contributed by atoms with Gasteiger partial charge in [0.1, 0.15) is 4.90 Å². The molecule has 21 heavy (non-hydrogen) atoms. The van der Waals surface area contributed by atoms with Gasteiger partial charge in [-0.3, -0.25) is 5.10 Å². The largest absolute Gasteiger partial charge is 0.309 e. The Labute approximate surface area is 128 Å². The average Bonchev–Trinajstić information content (AvgIpc) is 2.66. The fourth-order valence-electron chi connectivity index (χ4n) is 2.14. The van der Waals surface area contributed by atoms with Crippen molar-refractivity contribution in [2.24, 2.45) is 5.41 Å². The molecule has 0 radical (unpaired) electrons. The monoisotopic (exact) mass is 316 g/mol. The van der Waals surface area contributed by atoms with E-state index in [1.807, 2.05) is 34.6 Å². The average molecular weight is 316 g/mol. The molecule has 0 saturated heterocycles. The summed E-state index contributed by atoms with van der Waals surface area (Å²) in [6.45, 7) is 12.7. The van der Waals surface area contributed by atoms with Gasteiger partial charge in [0.15, 0.2) is 0 Å². The summed E-state index contributed by atoms with van der Waals surface area (Å²) in [5.74, 6) is 0. The number of aromatic nitrogens is 2. The number of hydrogen-bond donors (Lipinski definition) is 2. The second kappa shape index (κ2) is 6.46.